The highest BCUT2D eigenvalue weighted by Crippen LogP contribution is 2.25. The maximum Gasteiger partial charge on any atom is 0.271 e. The molecule has 0 amide bonds. The van der Waals surface area contributed by atoms with E-state index in [0.29, 0.717) is 16.8 Å². The lowest BCUT2D eigenvalue weighted by molar-refractivity contribution is -0.385. The Morgan fingerprint density at radius 1 is 1.38 bits per heavy atom. The number of sulfonamides is 1. The fourth-order valence-corrected chi connectivity index (χ4v) is 3.17. The number of nitrogens with one attached hydrogen (secondary N) is 2. The van der Waals surface area contributed by atoms with Crippen molar-refractivity contribution in [3.63, 3.8) is 0 Å². The number of nitrogens with zero attached hydrogens (tertiary/aromatic N) is 2. The van der Waals surface area contributed by atoms with Crippen LogP contribution < -0.4 is 4.72 Å². The van der Waals surface area contributed by atoms with Gasteiger partial charge in [0.25, 0.3) is 5.69 Å². The number of aromatic amines is 1. The minimum atomic E-state index is -3.85. The van der Waals surface area contributed by atoms with E-state index < -0.39 is 14.9 Å². The molecule has 0 saturated carbocycles. The van der Waals surface area contributed by atoms with Crippen LogP contribution in [0.5, 0.6) is 0 Å². The van der Waals surface area contributed by atoms with Crippen LogP contribution in [-0.4, -0.2) is 23.3 Å². The maximum absolute atomic E-state index is 12.3. The van der Waals surface area contributed by atoms with Gasteiger partial charge in [-0.2, -0.15) is 0 Å². The van der Waals surface area contributed by atoms with E-state index in [-0.39, 0.29) is 17.1 Å². The van der Waals surface area contributed by atoms with Crippen molar-refractivity contribution in [1.82, 2.24) is 14.7 Å². The molecule has 0 aliphatic carbocycles. The van der Waals surface area contributed by atoms with Crippen LogP contribution >= 0.6 is 0 Å². The van der Waals surface area contributed by atoms with Gasteiger partial charge in [-0.3, -0.25) is 10.1 Å². The minimum Gasteiger partial charge on any atom is -0.347 e. The summed E-state index contributed by atoms with van der Waals surface area (Å²) in [4.78, 5) is 16.7. The molecule has 0 saturated heterocycles. The van der Waals surface area contributed by atoms with Crippen LogP contribution in [0.15, 0.2) is 29.6 Å². The highest BCUT2D eigenvalue weighted by Gasteiger charge is 2.22. The second kappa shape index (κ2) is 5.62. The molecule has 1 aromatic heterocycles. The molecule has 0 radical (unpaired) electrons. The Morgan fingerprint density at radius 3 is 2.67 bits per heavy atom. The second-order valence-electron chi connectivity index (χ2n) is 4.54. The molecule has 0 spiro atoms. The number of H-pyrrole nitrogens is 1. The summed E-state index contributed by atoms with van der Waals surface area (Å²) >= 11 is 0. The summed E-state index contributed by atoms with van der Waals surface area (Å²) < 4.78 is 27.0. The Morgan fingerprint density at radius 2 is 2.10 bits per heavy atom. The summed E-state index contributed by atoms with van der Waals surface area (Å²) in [6, 6.07) is 2.42. The lowest BCUT2D eigenvalue weighted by Gasteiger charge is -2.10. The summed E-state index contributed by atoms with van der Waals surface area (Å²) in [5.74, 6) is 0. The van der Waals surface area contributed by atoms with Crippen molar-refractivity contribution >= 4 is 15.7 Å². The molecule has 1 aromatic carbocycles. The molecule has 9 heteroatoms. The first kappa shape index (κ1) is 15.1. The number of rotatable bonds is 5. The molecule has 112 valence electrons. The standard InChI is InChI=1S/C12H14N4O4S/c1-8-3-11(16(17)18)4-12(9(8)2)21(19,20)15-6-10-5-13-7-14-10/h3-5,7,15H,6H2,1-2H3,(H,13,14). The van der Waals surface area contributed by atoms with Gasteiger partial charge in [0.1, 0.15) is 0 Å². The van der Waals surface area contributed by atoms with Crippen molar-refractivity contribution in [3.05, 3.63) is 51.6 Å². The fourth-order valence-electron chi connectivity index (χ4n) is 1.83. The van der Waals surface area contributed by atoms with Crippen molar-refractivity contribution in [2.75, 3.05) is 0 Å². The second-order valence-corrected chi connectivity index (χ2v) is 6.28. The zero-order chi connectivity index (χ0) is 15.6. The summed E-state index contributed by atoms with van der Waals surface area (Å²) in [6.45, 7) is 3.28. The molecule has 0 atom stereocenters. The predicted molar refractivity (Wildman–Crippen MR) is 75.2 cm³/mol. The van der Waals surface area contributed by atoms with Gasteiger partial charge in [-0.25, -0.2) is 18.1 Å². The summed E-state index contributed by atoms with van der Waals surface area (Å²) in [6.07, 6.45) is 2.93. The topological polar surface area (TPSA) is 118 Å². The van der Waals surface area contributed by atoms with Crippen molar-refractivity contribution in [2.24, 2.45) is 0 Å². The third-order valence-corrected chi connectivity index (χ3v) is 4.64. The predicted octanol–water partition coefficient (Wildman–Crippen LogP) is 1.41. The SMILES string of the molecule is Cc1cc([N+](=O)[O-])cc(S(=O)(=O)NCc2cnc[nH]2)c1C. The van der Waals surface area contributed by atoms with Crippen molar-refractivity contribution in [3.8, 4) is 0 Å². The Balaban J connectivity index is 2.37. The molecule has 2 rings (SSSR count). The first-order chi connectivity index (χ1) is 9.81. The van der Waals surface area contributed by atoms with Crippen LogP contribution in [0.25, 0.3) is 0 Å². The smallest absolute Gasteiger partial charge is 0.271 e. The van der Waals surface area contributed by atoms with E-state index in [1.54, 1.807) is 13.8 Å². The Labute approximate surface area is 121 Å². The van der Waals surface area contributed by atoms with Gasteiger partial charge in [-0.1, -0.05) is 0 Å². The average Bonchev–Trinajstić information content (AvgIpc) is 2.92. The van der Waals surface area contributed by atoms with Gasteiger partial charge < -0.3 is 4.98 Å². The average molecular weight is 310 g/mol. The summed E-state index contributed by atoms with van der Waals surface area (Å²) in [5.41, 5.74) is 1.38. The molecular weight excluding hydrogens is 296 g/mol. The number of hydrogen-bond donors (Lipinski definition) is 2. The number of imidazole rings is 1. The zero-order valence-electron chi connectivity index (χ0n) is 11.5. The molecule has 0 aliphatic rings. The largest absolute Gasteiger partial charge is 0.347 e. The molecule has 2 N–H and O–H groups in total. The van der Waals surface area contributed by atoms with Gasteiger partial charge in [0.15, 0.2) is 0 Å². The number of nitro benzene ring substituents is 1. The van der Waals surface area contributed by atoms with E-state index in [1.807, 2.05) is 0 Å². The van der Waals surface area contributed by atoms with Gasteiger partial charge in [0, 0.05) is 24.0 Å². The summed E-state index contributed by atoms with van der Waals surface area (Å²) in [5, 5.41) is 10.9. The normalized spacial score (nSPS) is 11.5. The van der Waals surface area contributed by atoms with Gasteiger partial charge in [0.05, 0.1) is 22.7 Å². The summed E-state index contributed by atoms with van der Waals surface area (Å²) in [7, 11) is -3.85. The van der Waals surface area contributed by atoms with Gasteiger partial charge in [0.2, 0.25) is 10.0 Å². The molecule has 0 fully saturated rings. The first-order valence-corrected chi connectivity index (χ1v) is 7.52. The third-order valence-electron chi connectivity index (χ3n) is 3.11. The third kappa shape index (κ3) is 3.26. The number of benzene rings is 1. The fraction of sp³-hybridized carbons (Fsp3) is 0.250. The molecule has 8 nitrogen and oxygen atoms in total. The zero-order valence-corrected chi connectivity index (χ0v) is 12.3. The lowest BCUT2D eigenvalue weighted by atomic mass is 10.1. The molecule has 0 bridgehead atoms. The number of nitro groups is 1. The van der Waals surface area contributed by atoms with E-state index in [1.165, 1.54) is 18.6 Å². The molecular formula is C12H14N4O4S. The van der Waals surface area contributed by atoms with E-state index in [2.05, 4.69) is 14.7 Å². The molecule has 21 heavy (non-hydrogen) atoms. The number of hydrogen-bond acceptors (Lipinski definition) is 5. The number of aromatic nitrogens is 2. The van der Waals surface area contributed by atoms with Crippen LogP contribution in [0.3, 0.4) is 0 Å². The molecule has 2 aromatic rings. The molecule has 0 aliphatic heterocycles. The van der Waals surface area contributed by atoms with Gasteiger partial charge >= 0.3 is 0 Å². The van der Waals surface area contributed by atoms with Crippen molar-refractivity contribution in [2.45, 2.75) is 25.3 Å². The van der Waals surface area contributed by atoms with Crippen LogP contribution in [0, 0.1) is 24.0 Å². The minimum absolute atomic E-state index is 0.0313. The lowest BCUT2D eigenvalue weighted by Crippen LogP contribution is -2.24. The Kier molecular flexibility index (Phi) is 4.05. The van der Waals surface area contributed by atoms with Crippen molar-refractivity contribution in [1.29, 1.82) is 0 Å². The van der Waals surface area contributed by atoms with Crippen LogP contribution in [-0.2, 0) is 16.6 Å². The van der Waals surface area contributed by atoms with Crippen LogP contribution in [0.1, 0.15) is 16.8 Å². The number of aryl methyl sites for hydroxylation is 1. The first-order valence-electron chi connectivity index (χ1n) is 6.04. The molecule has 0 unspecified atom stereocenters. The van der Waals surface area contributed by atoms with Gasteiger partial charge in [-0.15, -0.1) is 0 Å². The number of non-ortho nitro benzene ring substituents is 1. The van der Waals surface area contributed by atoms with E-state index in [0.717, 1.165) is 6.07 Å². The highest BCUT2D eigenvalue weighted by atomic mass is 32.2. The van der Waals surface area contributed by atoms with E-state index in [9.17, 15) is 18.5 Å². The monoisotopic (exact) mass is 310 g/mol. The molecule has 1 heterocycles. The van der Waals surface area contributed by atoms with Crippen LogP contribution in [0.4, 0.5) is 5.69 Å². The Bertz CT molecular complexity index is 769. The Hall–Kier alpha value is -2.26. The van der Waals surface area contributed by atoms with E-state index >= 15 is 0 Å². The quantitative estimate of drug-likeness (QED) is 0.639. The van der Waals surface area contributed by atoms with E-state index in [4.69, 9.17) is 0 Å². The maximum atomic E-state index is 12.3. The highest BCUT2D eigenvalue weighted by molar-refractivity contribution is 7.89. The van der Waals surface area contributed by atoms with Gasteiger partial charge in [-0.05, 0) is 25.0 Å². The van der Waals surface area contributed by atoms with Crippen molar-refractivity contribution < 1.29 is 13.3 Å². The van der Waals surface area contributed by atoms with Crippen LogP contribution in [0.2, 0.25) is 0 Å².